The summed E-state index contributed by atoms with van der Waals surface area (Å²) in [6.45, 7) is 4.02. The molecule has 1 aliphatic rings. The summed E-state index contributed by atoms with van der Waals surface area (Å²) < 4.78 is 1.89. The monoisotopic (exact) mass is 273 g/mol. The molecule has 1 N–H and O–H groups in total. The maximum atomic E-state index is 9.43. The Morgan fingerprint density at radius 1 is 1.10 bits per heavy atom. The fourth-order valence-corrected chi connectivity index (χ4v) is 2.68. The van der Waals surface area contributed by atoms with Gasteiger partial charge in [0, 0.05) is 24.5 Å². The fraction of sp³-hybridized carbons (Fsp3) is 0.500. The first-order valence-corrected chi connectivity index (χ1v) is 7.04. The molecule has 2 aromatic heterocycles. The Morgan fingerprint density at radius 2 is 1.85 bits per heavy atom. The summed E-state index contributed by atoms with van der Waals surface area (Å²) >= 11 is 0. The van der Waals surface area contributed by atoms with E-state index in [1.54, 1.807) is 12.4 Å². The molecule has 2 aromatic rings. The zero-order valence-electron chi connectivity index (χ0n) is 11.4. The van der Waals surface area contributed by atoms with Crippen LogP contribution in [-0.4, -0.2) is 49.6 Å². The minimum Gasteiger partial charge on any atom is -0.390 e. The molecule has 106 valence electrons. The molecule has 1 fully saturated rings. The van der Waals surface area contributed by atoms with Gasteiger partial charge in [-0.05, 0) is 38.1 Å². The molecule has 3 rings (SSSR count). The first-order chi connectivity index (χ1) is 9.88. The van der Waals surface area contributed by atoms with Gasteiger partial charge in [0.2, 0.25) is 0 Å². The Hall–Kier alpha value is -1.79. The minimum absolute atomic E-state index is 0.0959. The molecular formula is C14H19N5O. The quantitative estimate of drug-likeness (QED) is 0.877. The molecule has 0 aromatic carbocycles. The summed E-state index contributed by atoms with van der Waals surface area (Å²) in [5.74, 6) is 0. The Balaban J connectivity index is 1.81. The van der Waals surface area contributed by atoms with Crippen molar-refractivity contribution in [2.24, 2.45) is 0 Å². The lowest BCUT2D eigenvalue weighted by molar-refractivity contribution is 0.277. The second kappa shape index (κ2) is 6.11. The summed E-state index contributed by atoms with van der Waals surface area (Å²) in [6, 6.07) is 3.84. The molecule has 20 heavy (non-hydrogen) atoms. The van der Waals surface area contributed by atoms with E-state index in [0.717, 1.165) is 24.3 Å². The number of likely N-dealkylation sites (tertiary alicyclic amines) is 1. The van der Waals surface area contributed by atoms with Crippen LogP contribution in [0.5, 0.6) is 0 Å². The largest absolute Gasteiger partial charge is 0.390 e. The SMILES string of the molecule is OCc1nnn(CCN2CCCC2)c1-c1ccncc1. The van der Waals surface area contributed by atoms with E-state index in [1.807, 2.05) is 16.8 Å². The lowest BCUT2D eigenvalue weighted by Gasteiger charge is -2.15. The number of aromatic nitrogens is 4. The molecule has 0 radical (unpaired) electrons. The average Bonchev–Trinajstić information content (AvgIpc) is 3.15. The van der Waals surface area contributed by atoms with Gasteiger partial charge in [-0.3, -0.25) is 4.98 Å². The lowest BCUT2D eigenvalue weighted by Crippen LogP contribution is -2.24. The predicted molar refractivity (Wildman–Crippen MR) is 74.8 cm³/mol. The van der Waals surface area contributed by atoms with Crippen molar-refractivity contribution in [2.75, 3.05) is 19.6 Å². The number of hydrogen-bond acceptors (Lipinski definition) is 5. The molecule has 0 amide bonds. The van der Waals surface area contributed by atoms with Crippen LogP contribution in [0.3, 0.4) is 0 Å². The Bertz CT molecular complexity index is 548. The molecule has 1 saturated heterocycles. The van der Waals surface area contributed by atoms with Crippen molar-refractivity contribution in [1.29, 1.82) is 0 Å². The zero-order chi connectivity index (χ0) is 13.8. The van der Waals surface area contributed by atoms with Crippen molar-refractivity contribution < 1.29 is 5.11 Å². The molecule has 0 atom stereocenters. The highest BCUT2D eigenvalue weighted by molar-refractivity contribution is 5.60. The molecule has 0 saturated carbocycles. The van der Waals surface area contributed by atoms with Gasteiger partial charge >= 0.3 is 0 Å². The fourth-order valence-electron chi connectivity index (χ4n) is 2.68. The second-order valence-corrected chi connectivity index (χ2v) is 5.05. The summed E-state index contributed by atoms with van der Waals surface area (Å²) in [5, 5.41) is 17.7. The van der Waals surface area contributed by atoms with Crippen LogP contribution < -0.4 is 0 Å². The van der Waals surface area contributed by atoms with E-state index in [1.165, 1.54) is 25.9 Å². The van der Waals surface area contributed by atoms with Gasteiger partial charge in [-0.1, -0.05) is 5.21 Å². The molecule has 0 spiro atoms. The number of rotatable bonds is 5. The first kappa shape index (κ1) is 13.2. The van der Waals surface area contributed by atoms with Crippen LogP contribution in [0.15, 0.2) is 24.5 Å². The molecule has 0 aliphatic carbocycles. The van der Waals surface area contributed by atoms with E-state index >= 15 is 0 Å². The van der Waals surface area contributed by atoms with E-state index < -0.39 is 0 Å². The highest BCUT2D eigenvalue weighted by Crippen LogP contribution is 2.21. The third-order valence-electron chi connectivity index (χ3n) is 3.74. The van der Waals surface area contributed by atoms with Crippen LogP contribution >= 0.6 is 0 Å². The van der Waals surface area contributed by atoms with Crippen molar-refractivity contribution in [1.82, 2.24) is 24.9 Å². The van der Waals surface area contributed by atoms with E-state index in [4.69, 9.17) is 0 Å². The molecule has 6 nitrogen and oxygen atoms in total. The summed E-state index contributed by atoms with van der Waals surface area (Å²) in [7, 11) is 0. The van der Waals surface area contributed by atoms with Gasteiger partial charge in [0.1, 0.15) is 5.69 Å². The summed E-state index contributed by atoms with van der Waals surface area (Å²) in [5.41, 5.74) is 2.52. The standard InChI is InChI=1S/C14H19N5O/c20-11-13-14(12-3-5-15-6-4-12)19(17-16-13)10-9-18-7-1-2-8-18/h3-6,20H,1-2,7-11H2. The maximum absolute atomic E-state index is 9.43. The molecule has 0 unspecified atom stereocenters. The highest BCUT2D eigenvalue weighted by atomic mass is 16.3. The third-order valence-corrected chi connectivity index (χ3v) is 3.74. The van der Waals surface area contributed by atoms with E-state index in [9.17, 15) is 5.11 Å². The molecule has 6 heteroatoms. The van der Waals surface area contributed by atoms with Crippen molar-refractivity contribution in [3.63, 3.8) is 0 Å². The summed E-state index contributed by atoms with van der Waals surface area (Å²) in [6.07, 6.45) is 6.06. The van der Waals surface area contributed by atoms with E-state index in [2.05, 4.69) is 20.2 Å². The molecular weight excluding hydrogens is 254 g/mol. The minimum atomic E-state index is -0.0959. The number of nitrogens with zero attached hydrogens (tertiary/aromatic N) is 5. The van der Waals surface area contributed by atoms with Crippen LogP contribution in [0, 0.1) is 0 Å². The van der Waals surface area contributed by atoms with Crippen molar-refractivity contribution in [2.45, 2.75) is 26.0 Å². The van der Waals surface area contributed by atoms with Gasteiger partial charge < -0.3 is 10.0 Å². The Morgan fingerprint density at radius 3 is 2.55 bits per heavy atom. The topological polar surface area (TPSA) is 67.1 Å². The number of aliphatic hydroxyl groups excluding tert-OH is 1. The van der Waals surface area contributed by atoms with Crippen LogP contribution in [0.4, 0.5) is 0 Å². The van der Waals surface area contributed by atoms with Gasteiger partial charge in [-0.25, -0.2) is 4.68 Å². The highest BCUT2D eigenvalue weighted by Gasteiger charge is 2.16. The van der Waals surface area contributed by atoms with Crippen LogP contribution in [0.2, 0.25) is 0 Å². The van der Waals surface area contributed by atoms with Gasteiger partial charge in [-0.2, -0.15) is 0 Å². The smallest absolute Gasteiger partial charge is 0.116 e. The van der Waals surface area contributed by atoms with Crippen LogP contribution in [0.25, 0.3) is 11.3 Å². The van der Waals surface area contributed by atoms with E-state index in [0.29, 0.717) is 5.69 Å². The number of aliphatic hydroxyl groups is 1. The molecule has 0 bridgehead atoms. The first-order valence-electron chi connectivity index (χ1n) is 7.04. The molecule has 3 heterocycles. The summed E-state index contributed by atoms with van der Waals surface area (Å²) in [4.78, 5) is 6.47. The normalized spacial score (nSPS) is 15.8. The third kappa shape index (κ3) is 2.71. The number of hydrogen-bond donors (Lipinski definition) is 1. The van der Waals surface area contributed by atoms with Crippen LogP contribution in [0.1, 0.15) is 18.5 Å². The Labute approximate surface area is 118 Å². The second-order valence-electron chi connectivity index (χ2n) is 5.05. The predicted octanol–water partition coefficient (Wildman–Crippen LogP) is 0.928. The van der Waals surface area contributed by atoms with Crippen molar-refractivity contribution in [3.8, 4) is 11.3 Å². The van der Waals surface area contributed by atoms with Gasteiger partial charge in [-0.15, -0.1) is 5.10 Å². The molecule has 1 aliphatic heterocycles. The van der Waals surface area contributed by atoms with Gasteiger partial charge in [0.05, 0.1) is 18.8 Å². The number of pyridine rings is 1. The van der Waals surface area contributed by atoms with E-state index in [-0.39, 0.29) is 6.61 Å². The Kier molecular flexibility index (Phi) is 4.03. The van der Waals surface area contributed by atoms with Gasteiger partial charge in [0.25, 0.3) is 0 Å². The van der Waals surface area contributed by atoms with Crippen LogP contribution in [-0.2, 0) is 13.2 Å². The van der Waals surface area contributed by atoms with Gasteiger partial charge in [0.15, 0.2) is 0 Å². The van der Waals surface area contributed by atoms with Crippen molar-refractivity contribution >= 4 is 0 Å². The maximum Gasteiger partial charge on any atom is 0.116 e. The lowest BCUT2D eigenvalue weighted by atomic mass is 10.1. The average molecular weight is 273 g/mol. The zero-order valence-corrected chi connectivity index (χ0v) is 11.4. The van der Waals surface area contributed by atoms with Crippen molar-refractivity contribution in [3.05, 3.63) is 30.2 Å².